The highest BCUT2D eigenvalue weighted by Crippen LogP contribution is 2.18. The van der Waals surface area contributed by atoms with Crippen LogP contribution in [-0.4, -0.2) is 37.2 Å². The van der Waals surface area contributed by atoms with Gasteiger partial charge in [0.15, 0.2) is 6.10 Å². The van der Waals surface area contributed by atoms with E-state index in [1.165, 1.54) is 283 Å². The molecule has 480 valence electrons. The van der Waals surface area contributed by atoms with Crippen molar-refractivity contribution in [2.75, 3.05) is 13.2 Å². The Hall–Kier alpha value is -2.63. The van der Waals surface area contributed by atoms with Crippen molar-refractivity contribution in [3.63, 3.8) is 0 Å². The number of rotatable bonds is 68. The van der Waals surface area contributed by atoms with E-state index in [0.717, 1.165) is 77.0 Å². The number of allylic oxidation sites excluding steroid dienone is 8. The molecule has 0 saturated heterocycles. The van der Waals surface area contributed by atoms with Crippen LogP contribution in [-0.2, 0) is 28.6 Å². The summed E-state index contributed by atoms with van der Waals surface area (Å²) < 4.78 is 17.0. The number of carbonyl (C=O) groups excluding carboxylic acids is 3. The summed E-state index contributed by atoms with van der Waals surface area (Å²) in [6, 6.07) is 0. The quantitative estimate of drug-likeness (QED) is 0.0261. The first-order valence-corrected chi connectivity index (χ1v) is 36.6. The normalized spacial score (nSPS) is 12.3. The first-order chi connectivity index (χ1) is 40.5. The number of ether oxygens (including phenoxy) is 3. The lowest BCUT2D eigenvalue weighted by Crippen LogP contribution is -2.30. The minimum atomic E-state index is -0.777. The lowest BCUT2D eigenvalue weighted by Gasteiger charge is -2.18. The van der Waals surface area contributed by atoms with E-state index in [1.54, 1.807) is 0 Å². The summed E-state index contributed by atoms with van der Waals surface area (Å²) in [7, 11) is 0. The topological polar surface area (TPSA) is 78.9 Å². The monoisotopic (exact) mass is 1150 g/mol. The van der Waals surface area contributed by atoms with Gasteiger partial charge in [-0.3, -0.25) is 14.4 Å². The molecular formula is C76H140O6. The van der Waals surface area contributed by atoms with Gasteiger partial charge in [-0.1, -0.05) is 345 Å². The van der Waals surface area contributed by atoms with Crippen LogP contribution in [0, 0.1) is 0 Å². The van der Waals surface area contributed by atoms with Gasteiger partial charge in [-0.15, -0.1) is 0 Å². The largest absolute Gasteiger partial charge is 0.462 e. The van der Waals surface area contributed by atoms with Gasteiger partial charge in [0.25, 0.3) is 0 Å². The van der Waals surface area contributed by atoms with Crippen molar-refractivity contribution in [2.45, 2.75) is 406 Å². The summed E-state index contributed by atoms with van der Waals surface area (Å²) in [6.07, 6.45) is 90.0. The van der Waals surface area contributed by atoms with Crippen molar-refractivity contribution in [3.8, 4) is 0 Å². The third kappa shape index (κ3) is 68.2. The maximum atomic E-state index is 13.0. The molecule has 0 bridgehead atoms. The van der Waals surface area contributed by atoms with Crippen LogP contribution in [0.5, 0.6) is 0 Å². The summed E-state index contributed by atoms with van der Waals surface area (Å²) in [5.74, 6) is -0.853. The number of esters is 3. The molecule has 0 aliphatic carbocycles. The standard InChI is InChI=1S/C76H140O6/c1-4-7-10-13-16-19-22-25-28-30-32-34-36-37-38-39-40-42-43-45-48-51-54-57-60-63-66-69-75(78)81-72-73(71-80-74(77)68-65-62-59-56-53-50-47-27-24-21-18-15-12-9-6-3)82-76(79)70-67-64-61-58-55-52-49-46-44-41-35-33-31-29-26-23-20-17-14-11-8-5-2/h22,25,27,30,32,36-37,47,73H,4-21,23-24,26,28-29,31,33-35,38-46,48-72H2,1-3H3/b25-22-,32-30-,37-36-,47-27-. The van der Waals surface area contributed by atoms with E-state index in [0.29, 0.717) is 19.3 Å². The molecule has 6 heteroatoms. The van der Waals surface area contributed by atoms with E-state index < -0.39 is 6.10 Å². The smallest absolute Gasteiger partial charge is 0.306 e. The third-order valence-electron chi connectivity index (χ3n) is 16.6. The first-order valence-electron chi connectivity index (χ1n) is 36.6. The molecule has 0 aromatic carbocycles. The number of unbranched alkanes of at least 4 members (excludes halogenated alkanes) is 49. The summed E-state index contributed by atoms with van der Waals surface area (Å²) in [4.78, 5) is 38.5. The Labute approximate surface area is 511 Å². The third-order valence-corrected chi connectivity index (χ3v) is 16.6. The molecule has 0 rings (SSSR count). The molecule has 0 N–H and O–H groups in total. The van der Waals surface area contributed by atoms with Gasteiger partial charge in [0.2, 0.25) is 0 Å². The zero-order valence-electron chi connectivity index (χ0n) is 55.3. The van der Waals surface area contributed by atoms with E-state index in [1.807, 2.05) is 0 Å². The van der Waals surface area contributed by atoms with Gasteiger partial charge in [0.05, 0.1) is 0 Å². The molecule has 0 aromatic rings. The molecule has 0 saturated carbocycles. The Morgan fingerprint density at radius 3 is 0.695 bits per heavy atom. The zero-order valence-corrected chi connectivity index (χ0v) is 55.3. The maximum Gasteiger partial charge on any atom is 0.306 e. The van der Waals surface area contributed by atoms with Gasteiger partial charge in [-0.05, 0) is 83.5 Å². The van der Waals surface area contributed by atoms with Crippen LogP contribution in [0.4, 0.5) is 0 Å². The number of hydrogen-bond acceptors (Lipinski definition) is 6. The van der Waals surface area contributed by atoms with Gasteiger partial charge in [-0.2, -0.15) is 0 Å². The summed E-state index contributed by atoms with van der Waals surface area (Å²) in [6.45, 7) is 6.69. The lowest BCUT2D eigenvalue weighted by molar-refractivity contribution is -0.167. The molecule has 6 nitrogen and oxygen atoms in total. The molecule has 82 heavy (non-hydrogen) atoms. The molecule has 1 atom stereocenters. The average Bonchev–Trinajstić information content (AvgIpc) is 3.47. The molecule has 0 amide bonds. The van der Waals surface area contributed by atoms with Gasteiger partial charge in [0.1, 0.15) is 13.2 Å². The van der Waals surface area contributed by atoms with Crippen LogP contribution in [0.2, 0.25) is 0 Å². The van der Waals surface area contributed by atoms with E-state index in [9.17, 15) is 14.4 Å². The highest BCUT2D eigenvalue weighted by atomic mass is 16.6. The SMILES string of the molecule is CCCCCCC/C=C\C/C=C\C/C=C\CCCCCCCCCCCCCCC(=O)OCC(COC(=O)CCCCCCC/C=C\CCCCCCCC)OC(=O)CCCCCCCCCCCCCCCCCCCCCCCC. The predicted molar refractivity (Wildman–Crippen MR) is 358 cm³/mol. The summed E-state index contributed by atoms with van der Waals surface area (Å²) >= 11 is 0. The fraction of sp³-hybridized carbons (Fsp3) is 0.855. The molecule has 0 fully saturated rings. The van der Waals surface area contributed by atoms with Crippen molar-refractivity contribution in [2.24, 2.45) is 0 Å². The molecule has 1 unspecified atom stereocenters. The van der Waals surface area contributed by atoms with E-state index in [-0.39, 0.29) is 31.1 Å². The van der Waals surface area contributed by atoms with Crippen LogP contribution in [0.3, 0.4) is 0 Å². The Morgan fingerprint density at radius 2 is 0.439 bits per heavy atom. The molecule has 0 aliphatic heterocycles. The molecule has 0 aromatic heterocycles. The Kier molecular flexibility index (Phi) is 68.6. The van der Waals surface area contributed by atoms with Gasteiger partial charge >= 0.3 is 17.9 Å². The molecule has 0 radical (unpaired) electrons. The van der Waals surface area contributed by atoms with Crippen molar-refractivity contribution in [1.82, 2.24) is 0 Å². The van der Waals surface area contributed by atoms with Gasteiger partial charge in [-0.25, -0.2) is 0 Å². The minimum absolute atomic E-state index is 0.0721. The van der Waals surface area contributed by atoms with Crippen LogP contribution >= 0.6 is 0 Å². The van der Waals surface area contributed by atoms with Crippen molar-refractivity contribution in [3.05, 3.63) is 48.6 Å². The predicted octanol–water partition coefficient (Wildman–Crippen LogP) is 25.3. The van der Waals surface area contributed by atoms with Crippen molar-refractivity contribution < 1.29 is 28.6 Å². The van der Waals surface area contributed by atoms with Crippen molar-refractivity contribution >= 4 is 17.9 Å². The van der Waals surface area contributed by atoms with E-state index in [2.05, 4.69) is 69.4 Å². The van der Waals surface area contributed by atoms with E-state index in [4.69, 9.17) is 14.2 Å². The van der Waals surface area contributed by atoms with Gasteiger partial charge in [0, 0.05) is 19.3 Å². The Balaban J connectivity index is 4.27. The summed E-state index contributed by atoms with van der Waals surface area (Å²) in [5, 5.41) is 0. The van der Waals surface area contributed by atoms with Crippen LogP contribution in [0.15, 0.2) is 48.6 Å². The van der Waals surface area contributed by atoms with Gasteiger partial charge < -0.3 is 14.2 Å². The molecule has 0 spiro atoms. The maximum absolute atomic E-state index is 13.0. The second kappa shape index (κ2) is 70.9. The fourth-order valence-corrected chi connectivity index (χ4v) is 11.0. The summed E-state index contributed by atoms with van der Waals surface area (Å²) in [5.41, 5.74) is 0. The molecule has 0 aliphatic rings. The second-order valence-corrected chi connectivity index (χ2v) is 24.9. The Bertz CT molecular complexity index is 1410. The van der Waals surface area contributed by atoms with Crippen LogP contribution < -0.4 is 0 Å². The average molecular weight is 1150 g/mol. The second-order valence-electron chi connectivity index (χ2n) is 24.9. The molecule has 0 heterocycles. The number of hydrogen-bond donors (Lipinski definition) is 0. The highest BCUT2D eigenvalue weighted by molar-refractivity contribution is 5.71. The highest BCUT2D eigenvalue weighted by Gasteiger charge is 2.19. The molecular weight excluding hydrogens is 1010 g/mol. The minimum Gasteiger partial charge on any atom is -0.462 e. The Morgan fingerprint density at radius 1 is 0.244 bits per heavy atom. The lowest BCUT2D eigenvalue weighted by atomic mass is 10.0. The number of carbonyl (C=O) groups is 3. The van der Waals surface area contributed by atoms with Crippen LogP contribution in [0.1, 0.15) is 400 Å². The first kappa shape index (κ1) is 79.4. The van der Waals surface area contributed by atoms with E-state index >= 15 is 0 Å². The fourth-order valence-electron chi connectivity index (χ4n) is 11.0. The zero-order chi connectivity index (χ0) is 59.2. The van der Waals surface area contributed by atoms with Crippen LogP contribution in [0.25, 0.3) is 0 Å². The van der Waals surface area contributed by atoms with Crippen molar-refractivity contribution in [1.29, 1.82) is 0 Å².